The van der Waals surface area contributed by atoms with Gasteiger partial charge in [-0.3, -0.25) is 9.79 Å². The average molecular weight is 415 g/mol. The van der Waals surface area contributed by atoms with Crippen molar-refractivity contribution >= 4 is 30.0 Å². The van der Waals surface area contributed by atoms with E-state index in [1.165, 1.54) is 5.57 Å². The van der Waals surface area contributed by atoms with Crippen LogP contribution < -0.4 is 10.6 Å². The fraction of sp³-hybridized carbons (Fsp3) is 0.292. The molecule has 0 bridgehead atoms. The quantitative estimate of drug-likeness (QED) is 0.739. The first-order valence-corrected chi connectivity index (χ1v) is 10.4. The van der Waals surface area contributed by atoms with Crippen LogP contribution in [-0.2, 0) is 16.1 Å². The first kappa shape index (κ1) is 20.6. The number of carbonyl (C=O) groups excluding carboxylic acids is 2. The van der Waals surface area contributed by atoms with Gasteiger partial charge in [-0.15, -0.1) is 0 Å². The summed E-state index contributed by atoms with van der Waals surface area (Å²) in [5.41, 5.74) is 5.56. The van der Waals surface area contributed by atoms with Gasteiger partial charge in [0.25, 0.3) is 0 Å². The summed E-state index contributed by atoms with van der Waals surface area (Å²) >= 11 is 0. The third-order valence-electron chi connectivity index (χ3n) is 5.60. The molecule has 4 heterocycles. The second-order valence-electron chi connectivity index (χ2n) is 7.58. The van der Waals surface area contributed by atoms with Gasteiger partial charge < -0.3 is 15.5 Å². The van der Waals surface area contributed by atoms with E-state index in [1.807, 2.05) is 43.2 Å². The molecule has 7 heteroatoms. The van der Waals surface area contributed by atoms with Gasteiger partial charge in [-0.2, -0.15) is 0 Å². The lowest BCUT2D eigenvalue weighted by molar-refractivity contribution is -0.120. The number of rotatable bonds is 4. The molecule has 1 aromatic heterocycles. The Labute approximate surface area is 181 Å². The van der Waals surface area contributed by atoms with Gasteiger partial charge in [0.15, 0.2) is 5.94 Å². The number of allylic oxidation sites excluding steroid dienone is 4. The Bertz CT molecular complexity index is 1090. The van der Waals surface area contributed by atoms with Crippen LogP contribution in [0.15, 0.2) is 64.0 Å². The molecule has 1 unspecified atom stereocenters. The minimum atomic E-state index is -0.445. The molecule has 158 valence electrons. The van der Waals surface area contributed by atoms with Crippen LogP contribution in [0, 0.1) is 0 Å². The number of carbonyl (C=O) groups is 1. The van der Waals surface area contributed by atoms with Crippen molar-refractivity contribution in [2.24, 2.45) is 4.99 Å². The first-order chi connectivity index (χ1) is 15.1. The number of pyridine rings is 1. The van der Waals surface area contributed by atoms with Gasteiger partial charge >= 0.3 is 0 Å². The summed E-state index contributed by atoms with van der Waals surface area (Å²) in [6, 6.07) is 3.62. The topological polar surface area (TPSA) is 86.7 Å². The molecule has 0 radical (unpaired) electrons. The number of hydrogen-bond acceptors (Lipinski definition) is 6. The molecule has 3 aliphatic rings. The number of anilines is 1. The number of dihydropyridines is 1. The summed E-state index contributed by atoms with van der Waals surface area (Å²) in [7, 11) is 1.61. The van der Waals surface area contributed by atoms with E-state index in [2.05, 4.69) is 32.8 Å². The van der Waals surface area contributed by atoms with E-state index in [0.29, 0.717) is 18.1 Å². The molecule has 0 spiro atoms. The molecule has 1 aromatic rings. The van der Waals surface area contributed by atoms with Crippen molar-refractivity contribution in [3.05, 3.63) is 70.2 Å². The normalized spacial score (nSPS) is 21.9. The average Bonchev–Trinajstić information content (AvgIpc) is 2.83. The predicted octanol–water partition coefficient (Wildman–Crippen LogP) is 2.79. The first-order valence-electron chi connectivity index (χ1n) is 10.4. The van der Waals surface area contributed by atoms with Crippen LogP contribution in [0.2, 0.25) is 0 Å². The van der Waals surface area contributed by atoms with E-state index < -0.39 is 6.04 Å². The second-order valence-corrected chi connectivity index (χ2v) is 7.58. The molecule has 31 heavy (non-hydrogen) atoms. The molecular formula is C24H25N5O2. The van der Waals surface area contributed by atoms with E-state index in [0.717, 1.165) is 41.8 Å². The highest BCUT2D eigenvalue weighted by molar-refractivity contribution is 5.92. The minimum Gasteiger partial charge on any atom is -0.371 e. The Morgan fingerprint density at radius 3 is 2.87 bits per heavy atom. The SMILES string of the molecule is CCC1=Cc2ccc(CN3C=CC(=C4C=CC(C(=O)NC)N=C4)CC3)nc2NC1=C=O. The van der Waals surface area contributed by atoms with E-state index in [4.69, 9.17) is 4.98 Å². The third kappa shape index (κ3) is 4.42. The lowest BCUT2D eigenvalue weighted by Crippen LogP contribution is -2.30. The third-order valence-corrected chi connectivity index (χ3v) is 5.60. The smallest absolute Gasteiger partial charge is 0.248 e. The van der Waals surface area contributed by atoms with Crippen LogP contribution in [0.4, 0.5) is 5.82 Å². The number of aromatic nitrogens is 1. The summed E-state index contributed by atoms with van der Waals surface area (Å²) in [5, 5.41) is 5.72. The predicted molar refractivity (Wildman–Crippen MR) is 122 cm³/mol. The standard InChI is InChI=1S/C24H25N5O2/c1-3-16-12-18-4-6-20(27-23(18)28-22(16)15-30)14-29-10-8-17(9-11-29)19-5-7-21(26-13-19)24(31)25-2/h4-8,10,12-13,21H,3,9,11,14H2,1-2H3,(H,25,31)(H,27,28). The van der Waals surface area contributed by atoms with Crippen molar-refractivity contribution in [2.45, 2.75) is 32.4 Å². The van der Waals surface area contributed by atoms with Gasteiger partial charge in [0.2, 0.25) is 5.91 Å². The zero-order valence-electron chi connectivity index (χ0n) is 17.7. The maximum Gasteiger partial charge on any atom is 0.248 e. The zero-order valence-corrected chi connectivity index (χ0v) is 17.7. The van der Waals surface area contributed by atoms with Gasteiger partial charge in [0.05, 0.1) is 12.2 Å². The van der Waals surface area contributed by atoms with Crippen molar-refractivity contribution in [2.75, 3.05) is 18.9 Å². The number of aliphatic imine (C=N–C) groups is 1. The minimum absolute atomic E-state index is 0.105. The molecule has 0 aromatic carbocycles. The molecule has 4 rings (SSSR count). The number of fused-ring (bicyclic) bond motifs is 1. The Morgan fingerprint density at radius 1 is 1.35 bits per heavy atom. The van der Waals surface area contributed by atoms with Crippen LogP contribution in [0.3, 0.4) is 0 Å². The number of likely N-dealkylation sites (N-methyl/N-ethyl adjacent to an activating group) is 1. The maximum atomic E-state index is 11.7. The van der Waals surface area contributed by atoms with Crippen molar-refractivity contribution in [3.63, 3.8) is 0 Å². The molecule has 1 atom stereocenters. The van der Waals surface area contributed by atoms with Gasteiger partial charge in [0.1, 0.15) is 17.6 Å². The van der Waals surface area contributed by atoms with E-state index in [9.17, 15) is 9.59 Å². The van der Waals surface area contributed by atoms with Gasteiger partial charge in [-0.05, 0) is 60.0 Å². The summed E-state index contributed by atoms with van der Waals surface area (Å²) in [6.45, 7) is 3.56. The van der Waals surface area contributed by atoms with Crippen LogP contribution in [0.5, 0.6) is 0 Å². The van der Waals surface area contributed by atoms with Crippen LogP contribution in [-0.4, -0.2) is 47.6 Å². The Balaban J connectivity index is 1.44. The highest BCUT2D eigenvalue weighted by atomic mass is 16.2. The molecule has 2 N–H and O–H groups in total. The molecule has 0 saturated carbocycles. The second kappa shape index (κ2) is 8.98. The number of nitrogens with one attached hydrogen (secondary N) is 2. The van der Waals surface area contributed by atoms with Crippen molar-refractivity contribution < 1.29 is 9.59 Å². The molecule has 0 fully saturated rings. The lowest BCUT2D eigenvalue weighted by Gasteiger charge is -2.26. The van der Waals surface area contributed by atoms with Crippen molar-refractivity contribution in [3.8, 4) is 0 Å². The fourth-order valence-corrected chi connectivity index (χ4v) is 3.78. The highest BCUT2D eigenvalue weighted by Crippen LogP contribution is 2.29. The van der Waals surface area contributed by atoms with Crippen LogP contribution >= 0.6 is 0 Å². The highest BCUT2D eigenvalue weighted by Gasteiger charge is 2.18. The number of nitrogens with zero attached hydrogens (tertiary/aromatic N) is 3. The summed E-state index contributed by atoms with van der Waals surface area (Å²) in [4.78, 5) is 34.1. The van der Waals surface area contributed by atoms with Crippen LogP contribution in [0.25, 0.3) is 6.08 Å². The molecule has 1 amide bonds. The molecule has 0 aliphatic carbocycles. The summed E-state index contributed by atoms with van der Waals surface area (Å²) in [5.74, 6) is 2.57. The lowest BCUT2D eigenvalue weighted by atomic mass is 10.00. The van der Waals surface area contributed by atoms with Crippen molar-refractivity contribution in [1.29, 1.82) is 0 Å². The van der Waals surface area contributed by atoms with Gasteiger partial charge in [-0.25, -0.2) is 9.78 Å². The van der Waals surface area contributed by atoms with E-state index >= 15 is 0 Å². The fourth-order valence-electron chi connectivity index (χ4n) is 3.78. The Morgan fingerprint density at radius 2 is 2.23 bits per heavy atom. The zero-order chi connectivity index (χ0) is 21.8. The largest absolute Gasteiger partial charge is 0.371 e. The molecule has 7 nitrogen and oxygen atoms in total. The van der Waals surface area contributed by atoms with E-state index in [-0.39, 0.29) is 5.91 Å². The van der Waals surface area contributed by atoms with Crippen molar-refractivity contribution in [1.82, 2.24) is 15.2 Å². The Hall–Kier alpha value is -3.70. The summed E-state index contributed by atoms with van der Waals surface area (Å²) < 4.78 is 0. The molecular weight excluding hydrogens is 390 g/mol. The number of amides is 1. The molecule has 0 saturated heterocycles. The van der Waals surface area contributed by atoms with E-state index in [1.54, 1.807) is 13.3 Å². The number of hydrogen-bond donors (Lipinski definition) is 2. The maximum absolute atomic E-state index is 11.7. The van der Waals surface area contributed by atoms with Gasteiger partial charge in [0, 0.05) is 25.4 Å². The summed E-state index contributed by atoms with van der Waals surface area (Å²) in [6.07, 6.45) is 13.4. The van der Waals surface area contributed by atoms with Gasteiger partial charge in [-0.1, -0.05) is 19.1 Å². The van der Waals surface area contributed by atoms with Crippen LogP contribution in [0.1, 0.15) is 31.0 Å². The Kier molecular flexibility index (Phi) is 5.96. The molecule has 3 aliphatic heterocycles. The monoisotopic (exact) mass is 415 g/mol.